The number of H-pyrrole nitrogens is 1. The van der Waals surface area contributed by atoms with E-state index in [2.05, 4.69) is 30.5 Å². The largest absolute Gasteiger partial charge is 0.384 e. The van der Waals surface area contributed by atoms with Crippen molar-refractivity contribution in [2.75, 3.05) is 5.73 Å². The highest BCUT2D eigenvalue weighted by Gasteiger charge is 2.12. The van der Waals surface area contributed by atoms with E-state index >= 15 is 0 Å². The van der Waals surface area contributed by atoms with Gasteiger partial charge in [-0.15, -0.1) is 0 Å². The fourth-order valence-electron chi connectivity index (χ4n) is 1.34. The summed E-state index contributed by atoms with van der Waals surface area (Å²) in [4.78, 5) is 8.06. The van der Waals surface area contributed by atoms with Crippen LogP contribution in [0.5, 0.6) is 0 Å². The second-order valence-corrected chi connectivity index (χ2v) is 3.25. The fraction of sp³-hybridized carbons (Fsp3) is 0. The molecule has 0 unspecified atom stereocenters. The van der Waals surface area contributed by atoms with E-state index in [1.165, 1.54) is 6.20 Å². The molecule has 8 heteroatoms. The van der Waals surface area contributed by atoms with Gasteiger partial charge in [-0.3, -0.25) is 0 Å². The highest BCUT2D eigenvalue weighted by atomic mass is 16.5. The summed E-state index contributed by atoms with van der Waals surface area (Å²) in [6, 6.07) is 3.39. The summed E-state index contributed by atoms with van der Waals surface area (Å²) in [7, 11) is 0. The molecular weight excluding hydrogens is 222 g/mol. The molecule has 3 aromatic rings. The minimum absolute atomic E-state index is 0.358. The van der Waals surface area contributed by atoms with Crippen LogP contribution in [0.25, 0.3) is 23.0 Å². The standard InChI is InChI=1S/C9H7N7O/c10-7-3-5(1-2-11-7)9-13-8(15-17-9)6-4-12-16-14-6/h1-4H,(H2,10,11)(H,12,14,16). The van der Waals surface area contributed by atoms with Crippen LogP contribution in [-0.2, 0) is 0 Å². The molecule has 0 aliphatic rings. The number of pyridine rings is 1. The zero-order chi connectivity index (χ0) is 11.7. The van der Waals surface area contributed by atoms with Gasteiger partial charge in [-0.1, -0.05) is 5.16 Å². The summed E-state index contributed by atoms with van der Waals surface area (Å²) in [5.41, 5.74) is 6.79. The van der Waals surface area contributed by atoms with E-state index in [9.17, 15) is 0 Å². The zero-order valence-electron chi connectivity index (χ0n) is 8.53. The summed E-state index contributed by atoms with van der Waals surface area (Å²) >= 11 is 0. The van der Waals surface area contributed by atoms with Gasteiger partial charge in [0.2, 0.25) is 5.82 Å². The molecule has 0 aliphatic carbocycles. The van der Waals surface area contributed by atoms with Crippen molar-refractivity contribution < 1.29 is 4.52 Å². The van der Waals surface area contributed by atoms with Crippen molar-refractivity contribution in [3.63, 3.8) is 0 Å². The number of nitrogens with zero attached hydrogens (tertiary/aromatic N) is 5. The second-order valence-electron chi connectivity index (χ2n) is 3.25. The molecule has 8 nitrogen and oxygen atoms in total. The van der Waals surface area contributed by atoms with Gasteiger partial charge in [0.15, 0.2) is 5.69 Å². The molecule has 3 heterocycles. The Balaban J connectivity index is 2.01. The van der Waals surface area contributed by atoms with Gasteiger partial charge >= 0.3 is 0 Å². The normalized spacial score (nSPS) is 10.6. The van der Waals surface area contributed by atoms with Gasteiger partial charge in [0, 0.05) is 11.8 Å². The molecule has 3 N–H and O–H groups in total. The predicted molar refractivity (Wildman–Crippen MR) is 57.3 cm³/mol. The molecule has 0 amide bonds. The van der Waals surface area contributed by atoms with Crippen molar-refractivity contribution >= 4 is 5.82 Å². The van der Waals surface area contributed by atoms with Crippen LogP contribution >= 0.6 is 0 Å². The zero-order valence-corrected chi connectivity index (χ0v) is 8.53. The Bertz CT molecular complexity index is 630. The highest BCUT2D eigenvalue weighted by Crippen LogP contribution is 2.20. The Morgan fingerprint density at radius 2 is 2.29 bits per heavy atom. The van der Waals surface area contributed by atoms with Crippen molar-refractivity contribution in [3.8, 4) is 23.0 Å². The van der Waals surface area contributed by atoms with Gasteiger partial charge in [0.25, 0.3) is 5.89 Å². The smallest absolute Gasteiger partial charge is 0.258 e. The van der Waals surface area contributed by atoms with Crippen LogP contribution < -0.4 is 5.73 Å². The summed E-state index contributed by atoms with van der Waals surface area (Å²) in [6.07, 6.45) is 3.08. The lowest BCUT2D eigenvalue weighted by atomic mass is 10.2. The molecule has 3 aromatic heterocycles. The van der Waals surface area contributed by atoms with Gasteiger partial charge in [-0.25, -0.2) is 4.98 Å². The van der Waals surface area contributed by atoms with Gasteiger partial charge in [0.05, 0.1) is 6.20 Å². The molecule has 0 radical (unpaired) electrons. The van der Waals surface area contributed by atoms with E-state index in [-0.39, 0.29) is 0 Å². The van der Waals surface area contributed by atoms with Crippen LogP contribution in [-0.4, -0.2) is 30.5 Å². The molecule has 0 saturated carbocycles. The van der Waals surface area contributed by atoms with Crippen LogP contribution in [0.15, 0.2) is 29.0 Å². The lowest BCUT2D eigenvalue weighted by molar-refractivity contribution is 0.432. The molecule has 0 bridgehead atoms. The summed E-state index contributed by atoms with van der Waals surface area (Å²) in [5.74, 6) is 1.12. The van der Waals surface area contributed by atoms with Crippen molar-refractivity contribution in [3.05, 3.63) is 24.5 Å². The van der Waals surface area contributed by atoms with Crippen LogP contribution in [0, 0.1) is 0 Å². The lowest BCUT2D eigenvalue weighted by Gasteiger charge is -1.94. The number of nitrogens with one attached hydrogen (secondary N) is 1. The Labute approximate surface area is 94.9 Å². The second kappa shape index (κ2) is 3.67. The van der Waals surface area contributed by atoms with E-state index in [4.69, 9.17) is 10.3 Å². The van der Waals surface area contributed by atoms with E-state index in [0.717, 1.165) is 0 Å². The number of aromatic nitrogens is 6. The van der Waals surface area contributed by atoms with E-state index < -0.39 is 0 Å². The van der Waals surface area contributed by atoms with Crippen molar-refractivity contribution in [1.29, 1.82) is 0 Å². The topological polar surface area (TPSA) is 119 Å². The Morgan fingerprint density at radius 3 is 3.06 bits per heavy atom. The SMILES string of the molecule is Nc1cc(-c2nc(-c3cn[nH]n3)no2)ccn1. The molecule has 3 rings (SSSR count). The molecule has 0 atom stereocenters. The predicted octanol–water partition coefficient (Wildman–Crippen LogP) is 0.499. The van der Waals surface area contributed by atoms with Crippen LogP contribution in [0.2, 0.25) is 0 Å². The third kappa shape index (κ3) is 1.71. The van der Waals surface area contributed by atoms with Crippen molar-refractivity contribution in [2.24, 2.45) is 0 Å². The summed E-state index contributed by atoms with van der Waals surface area (Å²) < 4.78 is 5.10. The molecular formula is C9H7N7O. The number of nitrogens with two attached hydrogens (primary N) is 1. The van der Waals surface area contributed by atoms with Crippen LogP contribution in [0.1, 0.15) is 0 Å². The average molecular weight is 229 g/mol. The number of hydrogen-bond acceptors (Lipinski definition) is 7. The maximum absolute atomic E-state index is 5.57. The van der Waals surface area contributed by atoms with E-state index in [1.807, 2.05) is 0 Å². The quantitative estimate of drug-likeness (QED) is 0.656. The first-order chi connectivity index (χ1) is 8.33. The first-order valence-corrected chi connectivity index (χ1v) is 4.75. The third-order valence-electron chi connectivity index (χ3n) is 2.10. The number of nitrogen functional groups attached to an aromatic ring is 1. The van der Waals surface area contributed by atoms with Crippen LogP contribution in [0.4, 0.5) is 5.82 Å². The van der Waals surface area contributed by atoms with Gasteiger partial charge in [-0.2, -0.15) is 20.4 Å². The molecule has 0 aromatic carbocycles. The molecule has 84 valence electrons. The number of hydrogen-bond donors (Lipinski definition) is 2. The number of aromatic amines is 1. The van der Waals surface area contributed by atoms with Crippen molar-refractivity contribution in [2.45, 2.75) is 0 Å². The Morgan fingerprint density at radius 1 is 1.35 bits per heavy atom. The summed E-state index contributed by atoms with van der Waals surface area (Å²) in [5, 5.41) is 13.8. The maximum Gasteiger partial charge on any atom is 0.258 e. The molecule has 0 aliphatic heterocycles. The van der Waals surface area contributed by atoms with Crippen LogP contribution in [0.3, 0.4) is 0 Å². The summed E-state index contributed by atoms with van der Waals surface area (Å²) in [6.45, 7) is 0. The molecule has 17 heavy (non-hydrogen) atoms. The van der Waals surface area contributed by atoms with Gasteiger partial charge < -0.3 is 10.3 Å². The highest BCUT2D eigenvalue weighted by molar-refractivity contribution is 5.59. The maximum atomic E-state index is 5.57. The minimum Gasteiger partial charge on any atom is -0.384 e. The first-order valence-electron chi connectivity index (χ1n) is 4.75. The van der Waals surface area contributed by atoms with Gasteiger partial charge in [0.1, 0.15) is 5.82 Å². The van der Waals surface area contributed by atoms with E-state index in [0.29, 0.717) is 28.8 Å². The molecule has 0 spiro atoms. The number of rotatable bonds is 2. The lowest BCUT2D eigenvalue weighted by Crippen LogP contribution is -1.89. The van der Waals surface area contributed by atoms with Crippen molar-refractivity contribution in [1.82, 2.24) is 30.5 Å². The Kier molecular flexibility index (Phi) is 2.04. The minimum atomic E-state index is 0.358. The van der Waals surface area contributed by atoms with Gasteiger partial charge in [-0.05, 0) is 12.1 Å². The Hall–Kier alpha value is -2.77. The number of anilines is 1. The first kappa shape index (κ1) is 9.46. The average Bonchev–Trinajstić information content (AvgIpc) is 3.00. The van der Waals surface area contributed by atoms with E-state index in [1.54, 1.807) is 18.3 Å². The molecule has 0 fully saturated rings. The molecule has 0 saturated heterocycles. The third-order valence-corrected chi connectivity index (χ3v) is 2.10. The fourth-order valence-corrected chi connectivity index (χ4v) is 1.34. The monoisotopic (exact) mass is 229 g/mol.